The minimum atomic E-state index is -4.25. The summed E-state index contributed by atoms with van der Waals surface area (Å²) in [4.78, 5) is 29.2. The third-order valence-corrected chi connectivity index (χ3v) is 8.55. The number of benzene rings is 1. The van der Waals surface area contributed by atoms with E-state index < -0.39 is 18.5 Å². The number of likely N-dealkylation sites (tertiary alicyclic amines) is 1. The van der Waals surface area contributed by atoms with E-state index in [9.17, 15) is 18.0 Å². The van der Waals surface area contributed by atoms with Gasteiger partial charge < -0.3 is 15.6 Å². The molecule has 3 aromatic heterocycles. The summed E-state index contributed by atoms with van der Waals surface area (Å²) in [6, 6.07) is 9.55. The average Bonchev–Trinajstić information content (AvgIpc) is 3.58. The molecule has 0 unspecified atom stereocenters. The summed E-state index contributed by atoms with van der Waals surface area (Å²) >= 11 is 1.11. The molecule has 2 aliphatic heterocycles. The molecular weight excluding hydrogens is 501 g/mol. The zero-order chi connectivity index (χ0) is 25.9. The average molecular weight is 529 g/mol. The number of alkyl halides is 3. The molecule has 2 saturated heterocycles. The highest BCUT2D eigenvalue weighted by molar-refractivity contribution is 7.18. The lowest BCUT2D eigenvalue weighted by molar-refractivity contribution is -0.126. The number of rotatable bonds is 5. The first-order valence-electron chi connectivity index (χ1n) is 12.3. The van der Waals surface area contributed by atoms with E-state index in [2.05, 4.69) is 36.9 Å². The first-order valence-corrected chi connectivity index (χ1v) is 13.1. The molecule has 2 fully saturated rings. The van der Waals surface area contributed by atoms with E-state index in [1.165, 1.54) is 5.56 Å². The van der Waals surface area contributed by atoms with Gasteiger partial charge in [-0.15, -0.1) is 11.3 Å². The van der Waals surface area contributed by atoms with Crippen molar-refractivity contribution in [1.82, 2.24) is 19.9 Å². The molecule has 37 heavy (non-hydrogen) atoms. The highest BCUT2D eigenvalue weighted by Gasteiger charge is 2.44. The molecule has 6 rings (SSSR count). The van der Waals surface area contributed by atoms with E-state index in [0.29, 0.717) is 16.3 Å². The molecule has 3 N–H and O–H groups in total. The van der Waals surface area contributed by atoms with Gasteiger partial charge in [-0.1, -0.05) is 12.1 Å². The summed E-state index contributed by atoms with van der Waals surface area (Å²) in [5.74, 6) is 0.862. The first kappa shape index (κ1) is 24.2. The predicted molar refractivity (Wildman–Crippen MR) is 138 cm³/mol. The molecule has 0 radical (unpaired) electrons. The third kappa shape index (κ3) is 4.77. The van der Waals surface area contributed by atoms with Crippen LogP contribution in [0.1, 0.15) is 39.6 Å². The Bertz CT molecular complexity index is 1510. The number of aromatic nitrogens is 3. The summed E-state index contributed by atoms with van der Waals surface area (Å²) in [5, 5.41) is 1.68. The summed E-state index contributed by atoms with van der Waals surface area (Å²) in [6.07, 6.45) is -3.10. The quantitative estimate of drug-likeness (QED) is 0.389. The lowest BCUT2D eigenvalue weighted by Gasteiger charge is -2.25. The molecule has 1 atom stereocenters. The van der Waals surface area contributed by atoms with Gasteiger partial charge in [0.25, 0.3) is 5.91 Å². The van der Waals surface area contributed by atoms with Crippen LogP contribution < -0.4 is 10.6 Å². The lowest BCUT2D eigenvalue weighted by atomic mass is 9.86. The fourth-order valence-electron chi connectivity index (χ4n) is 5.86. The number of halogens is 3. The van der Waals surface area contributed by atoms with Crippen LogP contribution in [0.4, 0.5) is 19.0 Å². The Morgan fingerprint density at radius 3 is 2.76 bits per heavy atom. The maximum absolute atomic E-state index is 13.0. The highest BCUT2D eigenvalue weighted by Crippen LogP contribution is 2.43. The van der Waals surface area contributed by atoms with Gasteiger partial charge >= 0.3 is 6.18 Å². The Hall–Kier alpha value is -3.18. The van der Waals surface area contributed by atoms with Crippen LogP contribution in [0.3, 0.4) is 0 Å². The number of primary amides is 1. The van der Waals surface area contributed by atoms with Crippen molar-refractivity contribution < 1.29 is 18.0 Å². The van der Waals surface area contributed by atoms with E-state index in [1.54, 1.807) is 19.1 Å². The lowest BCUT2D eigenvalue weighted by Crippen LogP contribution is -2.31. The van der Waals surface area contributed by atoms with Crippen molar-refractivity contribution in [1.29, 1.82) is 0 Å². The maximum atomic E-state index is 13.0. The molecule has 0 bridgehead atoms. The van der Waals surface area contributed by atoms with Crippen LogP contribution in [-0.4, -0.2) is 58.1 Å². The van der Waals surface area contributed by atoms with Crippen LogP contribution in [0, 0.1) is 12.3 Å². The molecule has 7 nitrogen and oxygen atoms in total. The molecule has 1 spiro atoms. The molecule has 0 aliphatic carbocycles. The van der Waals surface area contributed by atoms with Crippen LogP contribution in [-0.2, 0) is 13.0 Å². The smallest absolute Gasteiger partial charge is 0.364 e. The second-order valence-electron chi connectivity index (χ2n) is 10.4. The highest BCUT2D eigenvalue weighted by atomic mass is 32.1. The van der Waals surface area contributed by atoms with Crippen LogP contribution in [0.25, 0.3) is 21.1 Å². The number of carbonyl (C=O) groups excluding carboxylic acids is 1. The largest absolute Gasteiger partial charge is 0.393 e. The number of amides is 1. The molecule has 4 aromatic rings. The molecule has 0 saturated carbocycles. The monoisotopic (exact) mass is 528 g/mol. The van der Waals surface area contributed by atoms with Crippen molar-refractivity contribution in [3.63, 3.8) is 0 Å². The van der Waals surface area contributed by atoms with Crippen molar-refractivity contribution >= 4 is 44.2 Å². The zero-order valence-electron chi connectivity index (χ0n) is 20.4. The molecule has 1 aromatic carbocycles. The van der Waals surface area contributed by atoms with Crippen LogP contribution in [0.15, 0.2) is 30.3 Å². The summed E-state index contributed by atoms with van der Waals surface area (Å²) in [6.45, 7) is 6.20. The number of hydrogen-bond acceptors (Lipinski definition) is 6. The molecule has 1 amide bonds. The predicted octanol–water partition coefficient (Wildman–Crippen LogP) is 4.79. The van der Waals surface area contributed by atoms with Crippen molar-refractivity contribution in [2.24, 2.45) is 11.1 Å². The molecule has 2 aliphatic rings. The third-order valence-electron chi connectivity index (χ3n) is 7.52. The number of carbonyl (C=O) groups is 1. The minimum absolute atomic E-state index is 0.131. The summed E-state index contributed by atoms with van der Waals surface area (Å²) < 4.78 is 39.0. The van der Waals surface area contributed by atoms with Crippen molar-refractivity contribution in [3.8, 4) is 0 Å². The Balaban J connectivity index is 1.18. The molecular formula is C26H27F3N6OS. The van der Waals surface area contributed by atoms with Crippen molar-refractivity contribution in [2.75, 3.05) is 31.1 Å². The van der Waals surface area contributed by atoms with Gasteiger partial charge in [0.1, 0.15) is 22.2 Å². The number of aryl methyl sites for hydroxylation is 1. The first-order chi connectivity index (χ1) is 17.6. The van der Waals surface area contributed by atoms with Crippen LogP contribution >= 0.6 is 11.3 Å². The van der Waals surface area contributed by atoms with Gasteiger partial charge in [-0.2, -0.15) is 13.2 Å². The minimum Gasteiger partial charge on any atom is -0.364 e. The molecule has 5 heterocycles. The Morgan fingerprint density at radius 1 is 1.16 bits per heavy atom. The number of anilines is 1. The number of nitrogens with two attached hydrogens (primary N) is 1. The second kappa shape index (κ2) is 8.70. The number of aromatic amines is 1. The second-order valence-corrected chi connectivity index (χ2v) is 11.5. The molecule has 194 valence electrons. The van der Waals surface area contributed by atoms with E-state index in [1.807, 2.05) is 6.07 Å². The SMILES string of the molecule is Cc1nc(N2CC[C@@]3(CCN(Cc4ccc5cc(C(N)=O)[nH]c5c4)C3)C2)c2cc(CC(F)(F)F)sc2n1. The van der Waals surface area contributed by atoms with Gasteiger partial charge in [0, 0.05) is 47.4 Å². The number of nitrogens with one attached hydrogen (secondary N) is 1. The fourth-order valence-corrected chi connectivity index (χ4v) is 6.96. The normalized spacial score (nSPS) is 20.7. The van der Waals surface area contributed by atoms with Crippen LogP contribution in [0.5, 0.6) is 0 Å². The van der Waals surface area contributed by atoms with Crippen molar-refractivity contribution in [3.05, 3.63) is 52.3 Å². The van der Waals surface area contributed by atoms with Crippen LogP contribution in [0.2, 0.25) is 0 Å². The fraction of sp³-hybridized carbons (Fsp3) is 0.423. The van der Waals surface area contributed by atoms with Gasteiger partial charge in [0.15, 0.2) is 0 Å². The standard InChI is InChI=1S/C26H27F3N6OS/c1-15-31-23(19-10-18(11-26(27,28)29)37-24(19)32-15)35-7-5-25(14-35)4-6-34(13-25)12-16-2-3-17-9-21(22(30)36)33-20(17)8-16/h2-3,8-10,33H,4-7,11-14H2,1H3,(H2,30,36)/t25-/m1/s1. The Labute approximate surface area is 215 Å². The number of fused-ring (bicyclic) bond motifs is 2. The topological polar surface area (TPSA) is 91.1 Å². The zero-order valence-corrected chi connectivity index (χ0v) is 21.2. The van der Waals surface area contributed by atoms with E-state index >= 15 is 0 Å². The van der Waals surface area contributed by atoms with E-state index in [0.717, 1.165) is 79.0 Å². The number of nitrogens with zero attached hydrogens (tertiary/aromatic N) is 4. The summed E-state index contributed by atoms with van der Waals surface area (Å²) in [7, 11) is 0. The van der Waals surface area contributed by atoms with E-state index in [4.69, 9.17) is 5.73 Å². The van der Waals surface area contributed by atoms with Gasteiger partial charge in [-0.25, -0.2) is 9.97 Å². The number of H-pyrrole nitrogens is 1. The number of thiophene rings is 1. The molecule has 11 heteroatoms. The van der Waals surface area contributed by atoms with Gasteiger partial charge in [-0.3, -0.25) is 9.69 Å². The number of hydrogen-bond donors (Lipinski definition) is 2. The van der Waals surface area contributed by atoms with Gasteiger partial charge in [-0.05, 0) is 50.1 Å². The van der Waals surface area contributed by atoms with Crippen molar-refractivity contribution in [2.45, 2.75) is 38.9 Å². The van der Waals surface area contributed by atoms with E-state index in [-0.39, 0.29) is 10.3 Å². The summed E-state index contributed by atoms with van der Waals surface area (Å²) in [5.41, 5.74) is 8.00. The van der Waals surface area contributed by atoms with Gasteiger partial charge in [0.2, 0.25) is 0 Å². The Morgan fingerprint density at radius 2 is 1.97 bits per heavy atom. The maximum Gasteiger partial charge on any atom is 0.393 e. The van der Waals surface area contributed by atoms with Gasteiger partial charge in [0.05, 0.1) is 11.8 Å². The Kier molecular flexibility index (Phi) is 5.68.